The number of carbonyl (C=O) groups is 1. The minimum Gasteiger partial charge on any atom is -0.481 e. The number of nitrogens with zero attached hydrogens (tertiary/aromatic N) is 1. The summed E-state index contributed by atoms with van der Waals surface area (Å²) >= 11 is 9.20. The Hall–Kier alpha value is -1.85. The smallest absolute Gasteiger partial charge is 0.280 e. The van der Waals surface area contributed by atoms with Crippen molar-refractivity contribution in [3.63, 3.8) is 0 Å². The molecule has 114 valence electrons. The van der Waals surface area contributed by atoms with E-state index >= 15 is 0 Å². The Kier molecular flexibility index (Phi) is 5.98. The second-order valence-electron chi connectivity index (χ2n) is 4.47. The number of rotatable bonds is 5. The highest BCUT2D eigenvalue weighted by Gasteiger charge is 2.13. The number of ether oxygens (including phenoxy) is 1. The molecule has 22 heavy (non-hydrogen) atoms. The van der Waals surface area contributed by atoms with Gasteiger partial charge >= 0.3 is 0 Å². The molecule has 0 saturated heterocycles. The number of nitrogens with one attached hydrogen (secondary N) is 1. The van der Waals surface area contributed by atoms with Crippen molar-refractivity contribution >= 4 is 39.7 Å². The van der Waals surface area contributed by atoms with Crippen molar-refractivity contribution in [2.75, 3.05) is 0 Å². The molecule has 2 aromatic rings. The molecule has 0 saturated carbocycles. The lowest BCUT2D eigenvalue weighted by Crippen LogP contribution is -2.33. The highest BCUT2D eigenvalue weighted by atomic mass is 79.9. The van der Waals surface area contributed by atoms with Crippen molar-refractivity contribution in [3.05, 3.63) is 63.6 Å². The Labute approximate surface area is 142 Å². The van der Waals surface area contributed by atoms with Gasteiger partial charge in [-0.3, -0.25) is 4.79 Å². The molecule has 0 radical (unpaired) electrons. The number of benzene rings is 2. The predicted molar refractivity (Wildman–Crippen MR) is 91.4 cm³/mol. The van der Waals surface area contributed by atoms with E-state index in [2.05, 4.69) is 26.5 Å². The number of carbonyl (C=O) groups excluding carboxylic acids is 1. The van der Waals surface area contributed by atoms with E-state index in [1.54, 1.807) is 37.4 Å². The minimum atomic E-state index is -0.669. The van der Waals surface area contributed by atoms with Gasteiger partial charge in [0, 0.05) is 15.1 Å². The van der Waals surface area contributed by atoms with Crippen LogP contribution < -0.4 is 10.2 Å². The van der Waals surface area contributed by atoms with E-state index in [0.717, 1.165) is 10.0 Å². The fourth-order valence-corrected chi connectivity index (χ4v) is 2.12. The van der Waals surface area contributed by atoms with Crippen LogP contribution in [0.1, 0.15) is 12.5 Å². The lowest BCUT2D eigenvalue weighted by molar-refractivity contribution is -0.127. The summed E-state index contributed by atoms with van der Waals surface area (Å²) in [6.07, 6.45) is 0.898. The Bertz CT molecular complexity index is 674. The zero-order valence-electron chi connectivity index (χ0n) is 11.8. The summed E-state index contributed by atoms with van der Waals surface area (Å²) in [5, 5.41) is 4.54. The summed E-state index contributed by atoms with van der Waals surface area (Å²) in [7, 11) is 0. The molecular weight excluding hydrogens is 368 g/mol. The van der Waals surface area contributed by atoms with Gasteiger partial charge in [0.2, 0.25) is 0 Å². The summed E-state index contributed by atoms with van der Waals surface area (Å²) < 4.78 is 6.41. The zero-order chi connectivity index (χ0) is 15.9. The van der Waals surface area contributed by atoms with Crippen LogP contribution in [-0.2, 0) is 4.79 Å². The molecule has 4 nitrogen and oxygen atoms in total. The molecule has 1 amide bonds. The maximum Gasteiger partial charge on any atom is 0.280 e. The highest BCUT2D eigenvalue weighted by molar-refractivity contribution is 9.10. The third-order valence-electron chi connectivity index (χ3n) is 2.78. The Morgan fingerprint density at radius 2 is 1.95 bits per heavy atom. The van der Waals surface area contributed by atoms with Crippen LogP contribution in [0.3, 0.4) is 0 Å². The molecule has 1 atom stereocenters. The van der Waals surface area contributed by atoms with Crippen LogP contribution in [0.15, 0.2) is 58.1 Å². The SMILES string of the molecule is C[C@H](Oc1ccc(Cl)cc1)C(=O)NN=Cc1ccccc1Br. The third kappa shape index (κ3) is 4.86. The molecule has 0 aliphatic carbocycles. The zero-order valence-corrected chi connectivity index (χ0v) is 14.1. The van der Waals surface area contributed by atoms with Gasteiger partial charge in [-0.05, 0) is 37.3 Å². The molecule has 0 bridgehead atoms. The van der Waals surface area contributed by atoms with Crippen molar-refractivity contribution in [2.24, 2.45) is 5.10 Å². The van der Waals surface area contributed by atoms with E-state index in [1.807, 2.05) is 24.3 Å². The molecular formula is C16H14BrClN2O2. The quantitative estimate of drug-likeness (QED) is 0.628. The molecule has 0 fully saturated rings. The van der Waals surface area contributed by atoms with Gasteiger partial charge in [-0.25, -0.2) is 5.43 Å². The lowest BCUT2D eigenvalue weighted by Gasteiger charge is -2.12. The average molecular weight is 382 g/mol. The van der Waals surface area contributed by atoms with Gasteiger partial charge in [0.1, 0.15) is 5.75 Å². The summed E-state index contributed by atoms with van der Waals surface area (Å²) in [4.78, 5) is 11.9. The Morgan fingerprint density at radius 1 is 1.27 bits per heavy atom. The van der Waals surface area contributed by atoms with Gasteiger partial charge in [0.05, 0.1) is 6.21 Å². The first-order valence-electron chi connectivity index (χ1n) is 6.56. The lowest BCUT2D eigenvalue weighted by atomic mass is 10.2. The topological polar surface area (TPSA) is 50.7 Å². The monoisotopic (exact) mass is 380 g/mol. The van der Waals surface area contributed by atoms with E-state index in [-0.39, 0.29) is 5.91 Å². The molecule has 0 aliphatic heterocycles. The molecule has 0 unspecified atom stereocenters. The van der Waals surface area contributed by atoms with Gasteiger partial charge in [0.25, 0.3) is 5.91 Å². The maximum atomic E-state index is 11.9. The van der Waals surface area contributed by atoms with Crippen molar-refractivity contribution in [1.82, 2.24) is 5.43 Å². The van der Waals surface area contributed by atoms with Gasteiger partial charge < -0.3 is 4.74 Å². The van der Waals surface area contributed by atoms with Crippen molar-refractivity contribution in [1.29, 1.82) is 0 Å². The van der Waals surface area contributed by atoms with Crippen LogP contribution in [0.5, 0.6) is 5.75 Å². The van der Waals surface area contributed by atoms with E-state index in [9.17, 15) is 4.79 Å². The van der Waals surface area contributed by atoms with Crippen molar-refractivity contribution < 1.29 is 9.53 Å². The van der Waals surface area contributed by atoms with Crippen molar-refractivity contribution in [2.45, 2.75) is 13.0 Å². The molecule has 0 aliphatic rings. The largest absolute Gasteiger partial charge is 0.481 e. The Balaban J connectivity index is 1.89. The summed E-state index contributed by atoms with van der Waals surface area (Å²) in [6, 6.07) is 14.4. The number of hydrogen-bond acceptors (Lipinski definition) is 3. The summed E-state index contributed by atoms with van der Waals surface area (Å²) in [6.45, 7) is 1.65. The number of hydrogen-bond donors (Lipinski definition) is 1. The normalized spacial score (nSPS) is 12.1. The third-order valence-corrected chi connectivity index (χ3v) is 3.75. The first-order valence-corrected chi connectivity index (χ1v) is 7.73. The minimum absolute atomic E-state index is 0.335. The molecule has 1 N–H and O–H groups in total. The van der Waals surface area contributed by atoms with Crippen LogP contribution in [0, 0.1) is 0 Å². The molecule has 6 heteroatoms. The van der Waals surface area contributed by atoms with E-state index in [4.69, 9.17) is 16.3 Å². The molecule has 0 heterocycles. The van der Waals surface area contributed by atoms with Gasteiger partial charge in [-0.1, -0.05) is 45.7 Å². The van der Waals surface area contributed by atoms with Crippen LogP contribution in [-0.4, -0.2) is 18.2 Å². The first-order chi connectivity index (χ1) is 10.6. The van der Waals surface area contributed by atoms with Gasteiger partial charge in [-0.15, -0.1) is 0 Å². The fraction of sp³-hybridized carbons (Fsp3) is 0.125. The van der Waals surface area contributed by atoms with Crippen LogP contribution in [0.2, 0.25) is 5.02 Å². The standard InChI is InChI=1S/C16H14BrClN2O2/c1-11(22-14-8-6-13(18)7-9-14)16(21)20-19-10-12-4-2-3-5-15(12)17/h2-11H,1H3,(H,20,21)/t11-/m0/s1. The van der Waals surface area contributed by atoms with Crippen LogP contribution in [0.25, 0.3) is 0 Å². The highest BCUT2D eigenvalue weighted by Crippen LogP contribution is 2.17. The number of halogens is 2. The fourth-order valence-electron chi connectivity index (χ4n) is 1.61. The molecule has 0 aromatic heterocycles. The molecule has 2 aromatic carbocycles. The van der Waals surface area contributed by atoms with E-state index < -0.39 is 6.10 Å². The Morgan fingerprint density at radius 3 is 2.64 bits per heavy atom. The first kappa shape index (κ1) is 16.5. The summed E-state index contributed by atoms with van der Waals surface area (Å²) in [5.74, 6) is 0.236. The van der Waals surface area contributed by atoms with E-state index in [1.165, 1.54) is 0 Å². The maximum absolute atomic E-state index is 11.9. The van der Waals surface area contributed by atoms with Crippen molar-refractivity contribution in [3.8, 4) is 5.75 Å². The second-order valence-corrected chi connectivity index (χ2v) is 5.76. The van der Waals surface area contributed by atoms with Gasteiger partial charge in [0.15, 0.2) is 6.10 Å². The average Bonchev–Trinajstić information content (AvgIpc) is 2.51. The number of amides is 1. The summed E-state index contributed by atoms with van der Waals surface area (Å²) in [5.41, 5.74) is 3.32. The van der Waals surface area contributed by atoms with Crippen LogP contribution >= 0.6 is 27.5 Å². The van der Waals surface area contributed by atoms with Gasteiger partial charge in [-0.2, -0.15) is 5.10 Å². The molecule has 0 spiro atoms. The predicted octanol–water partition coefficient (Wildman–Crippen LogP) is 4.02. The second kappa shape index (κ2) is 7.96. The molecule has 2 rings (SSSR count). The number of hydrazone groups is 1. The van der Waals surface area contributed by atoms with Crippen LogP contribution in [0.4, 0.5) is 0 Å². The van der Waals surface area contributed by atoms with E-state index in [0.29, 0.717) is 10.8 Å².